The highest BCUT2D eigenvalue weighted by Crippen LogP contribution is 2.64. The highest BCUT2D eigenvalue weighted by Gasteiger charge is 2.52. The van der Waals surface area contributed by atoms with E-state index in [1.54, 1.807) is 0 Å². The van der Waals surface area contributed by atoms with E-state index in [2.05, 4.69) is 151 Å². The van der Waals surface area contributed by atoms with Crippen LogP contribution in [0.5, 0.6) is 0 Å². The normalized spacial score (nSPS) is 13.5. The molecular weight excluding hydrogens is 542 g/mol. The van der Waals surface area contributed by atoms with Crippen LogP contribution >= 0.6 is 0 Å². The van der Waals surface area contributed by atoms with Gasteiger partial charge in [0.05, 0.1) is 11.1 Å². The van der Waals surface area contributed by atoms with Crippen LogP contribution in [0.25, 0.3) is 66.2 Å². The molecule has 1 heterocycles. The fourth-order valence-corrected chi connectivity index (χ4v) is 8.20. The van der Waals surface area contributed by atoms with Crippen LogP contribution in [0.3, 0.4) is 0 Å². The lowest BCUT2D eigenvalue weighted by atomic mass is 9.70. The number of pyridine rings is 1. The zero-order valence-electron chi connectivity index (χ0n) is 24.5. The van der Waals surface area contributed by atoms with E-state index in [9.17, 15) is 0 Å². The Morgan fingerprint density at radius 1 is 0.378 bits per heavy atom. The lowest BCUT2D eigenvalue weighted by molar-refractivity contribution is 0.795. The maximum atomic E-state index is 4.53. The van der Waals surface area contributed by atoms with Gasteiger partial charge in [-0.3, -0.25) is 4.98 Å². The predicted molar refractivity (Wildman–Crippen MR) is 186 cm³/mol. The van der Waals surface area contributed by atoms with Gasteiger partial charge < -0.3 is 0 Å². The standard InChI is InChI=1S/C44H27N/c1-2-10-34-29(9-1)22-23-40-43(34)37-26-32-21-20-31(28-16-18-30(19-17-28)42-15-7-8-24-45-42)25-33(32)27-41(37)44(40)38-13-5-3-11-35(38)36-12-4-6-14-39(36)44/h1-27H. The molecule has 1 aromatic heterocycles. The van der Waals surface area contributed by atoms with E-state index < -0.39 is 0 Å². The van der Waals surface area contributed by atoms with Crippen LogP contribution in [0.15, 0.2) is 164 Å². The van der Waals surface area contributed by atoms with E-state index in [-0.39, 0.29) is 5.41 Å². The molecule has 45 heavy (non-hydrogen) atoms. The summed E-state index contributed by atoms with van der Waals surface area (Å²) in [5.41, 5.74) is 15.1. The minimum Gasteiger partial charge on any atom is -0.256 e. The van der Waals surface area contributed by atoms with Crippen molar-refractivity contribution in [2.75, 3.05) is 0 Å². The second-order valence-electron chi connectivity index (χ2n) is 12.3. The average Bonchev–Trinajstić information content (AvgIpc) is 3.58. The zero-order chi connectivity index (χ0) is 29.5. The number of aromatic nitrogens is 1. The Labute approximate surface area is 262 Å². The van der Waals surface area contributed by atoms with Crippen LogP contribution in [0.2, 0.25) is 0 Å². The van der Waals surface area contributed by atoms with E-state index >= 15 is 0 Å². The van der Waals surface area contributed by atoms with Crippen LogP contribution < -0.4 is 0 Å². The first kappa shape index (κ1) is 24.6. The molecule has 1 heteroatoms. The first-order chi connectivity index (χ1) is 22.3. The summed E-state index contributed by atoms with van der Waals surface area (Å²) in [6, 6.07) is 58.3. The third kappa shape index (κ3) is 3.30. The molecular formula is C44H27N. The average molecular weight is 570 g/mol. The number of nitrogens with zero attached hydrogens (tertiary/aromatic N) is 1. The van der Waals surface area contributed by atoms with Crippen LogP contribution in [-0.4, -0.2) is 4.98 Å². The fourth-order valence-electron chi connectivity index (χ4n) is 8.20. The summed E-state index contributed by atoms with van der Waals surface area (Å²) in [6.45, 7) is 0. The van der Waals surface area contributed by atoms with Crippen molar-refractivity contribution in [3.8, 4) is 44.6 Å². The van der Waals surface area contributed by atoms with Gasteiger partial charge in [0.15, 0.2) is 0 Å². The van der Waals surface area contributed by atoms with Crippen LogP contribution in [0.4, 0.5) is 0 Å². The molecule has 7 aromatic carbocycles. The highest BCUT2D eigenvalue weighted by atomic mass is 14.7. The molecule has 10 rings (SSSR count). The monoisotopic (exact) mass is 569 g/mol. The van der Waals surface area contributed by atoms with Crippen molar-refractivity contribution in [2.45, 2.75) is 5.41 Å². The van der Waals surface area contributed by atoms with E-state index in [4.69, 9.17) is 0 Å². The molecule has 208 valence electrons. The zero-order valence-corrected chi connectivity index (χ0v) is 24.5. The minimum atomic E-state index is -0.365. The lowest BCUT2D eigenvalue weighted by Gasteiger charge is -2.30. The van der Waals surface area contributed by atoms with Gasteiger partial charge in [0.1, 0.15) is 0 Å². The van der Waals surface area contributed by atoms with Crippen molar-refractivity contribution < 1.29 is 0 Å². The van der Waals surface area contributed by atoms with Crippen LogP contribution in [0, 0.1) is 0 Å². The smallest absolute Gasteiger partial charge is 0.0725 e. The number of rotatable bonds is 2. The summed E-state index contributed by atoms with van der Waals surface area (Å²) in [7, 11) is 0. The van der Waals surface area contributed by atoms with Crippen molar-refractivity contribution in [1.82, 2.24) is 4.98 Å². The molecule has 1 spiro atoms. The van der Waals surface area contributed by atoms with Crippen molar-refractivity contribution in [2.24, 2.45) is 0 Å². The summed E-state index contributed by atoms with van der Waals surface area (Å²) in [5, 5.41) is 5.12. The van der Waals surface area contributed by atoms with Gasteiger partial charge in [-0.1, -0.05) is 127 Å². The van der Waals surface area contributed by atoms with E-state index in [0.717, 1.165) is 11.3 Å². The Morgan fingerprint density at radius 2 is 1.04 bits per heavy atom. The molecule has 0 bridgehead atoms. The maximum Gasteiger partial charge on any atom is 0.0725 e. The first-order valence-corrected chi connectivity index (χ1v) is 15.6. The molecule has 0 saturated heterocycles. The number of fused-ring (bicyclic) bond motifs is 13. The molecule has 0 fully saturated rings. The van der Waals surface area contributed by atoms with Crippen molar-refractivity contribution >= 4 is 21.5 Å². The number of hydrogen-bond acceptors (Lipinski definition) is 1. The highest BCUT2D eigenvalue weighted by molar-refractivity contribution is 6.08. The fraction of sp³-hybridized carbons (Fsp3) is 0.0227. The summed E-state index contributed by atoms with van der Waals surface area (Å²) in [6.07, 6.45) is 1.85. The molecule has 0 amide bonds. The van der Waals surface area contributed by atoms with Gasteiger partial charge in [0.25, 0.3) is 0 Å². The molecule has 2 aliphatic rings. The van der Waals surface area contributed by atoms with Gasteiger partial charge in [-0.05, 0) is 108 Å². The Bertz CT molecular complexity index is 2420. The van der Waals surface area contributed by atoms with Gasteiger partial charge in [-0.2, -0.15) is 0 Å². The lowest BCUT2D eigenvalue weighted by Crippen LogP contribution is -2.25. The van der Waals surface area contributed by atoms with E-state index in [0.29, 0.717) is 0 Å². The summed E-state index contributed by atoms with van der Waals surface area (Å²) < 4.78 is 0. The van der Waals surface area contributed by atoms with Gasteiger partial charge in [-0.25, -0.2) is 0 Å². The van der Waals surface area contributed by atoms with Crippen molar-refractivity contribution in [3.63, 3.8) is 0 Å². The topological polar surface area (TPSA) is 12.9 Å². The maximum absolute atomic E-state index is 4.53. The first-order valence-electron chi connectivity index (χ1n) is 15.6. The largest absolute Gasteiger partial charge is 0.256 e. The minimum absolute atomic E-state index is 0.365. The van der Waals surface area contributed by atoms with Crippen molar-refractivity contribution in [1.29, 1.82) is 0 Å². The molecule has 1 nitrogen and oxygen atoms in total. The summed E-state index contributed by atoms with van der Waals surface area (Å²) >= 11 is 0. The van der Waals surface area contributed by atoms with Gasteiger partial charge in [-0.15, -0.1) is 0 Å². The molecule has 0 radical (unpaired) electrons. The summed E-state index contributed by atoms with van der Waals surface area (Å²) in [4.78, 5) is 4.53. The Balaban J connectivity index is 1.24. The Morgan fingerprint density at radius 3 is 1.82 bits per heavy atom. The van der Waals surface area contributed by atoms with E-state index in [1.165, 1.54) is 77.2 Å². The molecule has 0 atom stereocenters. The van der Waals surface area contributed by atoms with Gasteiger partial charge in [0, 0.05) is 11.8 Å². The molecule has 0 unspecified atom stereocenters. The predicted octanol–water partition coefficient (Wildman–Crippen LogP) is 11.1. The molecule has 0 aliphatic heterocycles. The Kier molecular flexibility index (Phi) is 4.99. The number of hydrogen-bond donors (Lipinski definition) is 0. The third-order valence-corrected chi connectivity index (χ3v) is 10.1. The molecule has 0 N–H and O–H groups in total. The molecule has 8 aromatic rings. The SMILES string of the molecule is c1ccc(-c2ccc(-c3ccc4cc5c(cc4c3)C3(c4ccccc4-c4ccccc43)c3ccc4ccccc4c3-5)cc2)nc1. The number of benzene rings is 7. The van der Waals surface area contributed by atoms with Gasteiger partial charge in [0.2, 0.25) is 0 Å². The Hall–Kier alpha value is -5.79. The van der Waals surface area contributed by atoms with Crippen LogP contribution in [0.1, 0.15) is 22.3 Å². The quantitative estimate of drug-likeness (QED) is 0.202. The third-order valence-electron chi connectivity index (χ3n) is 10.1. The van der Waals surface area contributed by atoms with Crippen molar-refractivity contribution in [3.05, 3.63) is 186 Å². The van der Waals surface area contributed by atoms with Crippen LogP contribution in [-0.2, 0) is 5.41 Å². The van der Waals surface area contributed by atoms with Gasteiger partial charge >= 0.3 is 0 Å². The second kappa shape index (κ2) is 9.11. The summed E-state index contributed by atoms with van der Waals surface area (Å²) in [5.74, 6) is 0. The molecule has 0 saturated carbocycles. The second-order valence-corrected chi connectivity index (χ2v) is 12.3. The van der Waals surface area contributed by atoms with E-state index in [1.807, 2.05) is 18.3 Å². The molecule has 2 aliphatic carbocycles.